The van der Waals surface area contributed by atoms with Gasteiger partial charge in [-0.2, -0.15) is 0 Å². The molecule has 2 nitrogen and oxygen atoms in total. The zero-order chi connectivity index (χ0) is 13.7. The molecule has 0 aliphatic carbocycles. The Bertz CT molecular complexity index is 446. The summed E-state index contributed by atoms with van der Waals surface area (Å²) in [6, 6.07) is 10.6. The van der Waals surface area contributed by atoms with Gasteiger partial charge >= 0.3 is 0 Å². The number of nitrogens with zero attached hydrogens (tertiary/aromatic N) is 1. The van der Waals surface area contributed by atoms with E-state index in [2.05, 4.69) is 44.2 Å². The smallest absolute Gasteiger partial charge is 0.222 e. The molecule has 1 aromatic rings. The third kappa shape index (κ3) is 3.95. The predicted octanol–water partition coefficient (Wildman–Crippen LogP) is 3.75. The monoisotopic (exact) mass is 257 g/mol. The SMILES string of the molecule is CC(C)=CCN1CCC(c2ccccc2)CCC1=O. The van der Waals surface area contributed by atoms with E-state index in [1.54, 1.807) is 0 Å². The first kappa shape index (κ1) is 13.9. The molecule has 1 heterocycles. The summed E-state index contributed by atoms with van der Waals surface area (Å²) in [6.07, 6.45) is 4.87. The number of carbonyl (C=O) groups excluding carboxylic acids is 1. The average Bonchev–Trinajstić information content (AvgIpc) is 2.60. The fraction of sp³-hybridized carbons (Fsp3) is 0.471. The van der Waals surface area contributed by atoms with Crippen molar-refractivity contribution < 1.29 is 4.79 Å². The summed E-state index contributed by atoms with van der Waals surface area (Å²) >= 11 is 0. The number of carbonyl (C=O) groups is 1. The first-order chi connectivity index (χ1) is 9.16. The third-order valence-corrected chi connectivity index (χ3v) is 3.80. The van der Waals surface area contributed by atoms with Crippen LogP contribution in [0.3, 0.4) is 0 Å². The van der Waals surface area contributed by atoms with Crippen LogP contribution in [0, 0.1) is 0 Å². The van der Waals surface area contributed by atoms with Crippen molar-refractivity contribution in [1.82, 2.24) is 4.90 Å². The first-order valence-electron chi connectivity index (χ1n) is 7.13. The Labute approximate surface area is 116 Å². The van der Waals surface area contributed by atoms with Crippen molar-refractivity contribution in [2.24, 2.45) is 0 Å². The maximum Gasteiger partial charge on any atom is 0.222 e. The molecule has 1 aromatic carbocycles. The number of allylic oxidation sites excluding steroid dienone is 1. The van der Waals surface area contributed by atoms with E-state index in [0.29, 0.717) is 18.2 Å². The van der Waals surface area contributed by atoms with E-state index in [-0.39, 0.29) is 0 Å². The normalized spacial score (nSPS) is 20.0. The van der Waals surface area contributed by atoms with Crippen LogP contribution in [-0.4, -0.2) is 23.9 Å². The van der Waals surface area contributed by atoms with Crippen LogP contribution in [0.1, 0.15) is 44.6 Å². The van der Waals surface area contributed by atoms with Crippen LogP contribution in [0.2, 0.25) is 0 Å². The fourth-order valence-corrected chi connectivity index (χ4v) is 2.58. The van der Waals surface area contributed by atoms with Crippen LogP contribution in [0.25, 0.3) is 0 Å². The number of amides is 1. The second-order valence-electron chi connectivity index (χ2n) is 5.56. The van der Waals surface area contributed by atoms with Crippen molar-refractivity contribution in [3.05, 3.63) is 47.5 Å². The Morgan fingerprint density at radius 2 is 2.00 bits per heavy atom. The molecule has 0 N–H and O–H groups in total. The largest absolute Gasteiger partial charge is 0.339 e. The highest BCUT2D eigenvalue weighted by atomic mass is 16.2. The highest BCUT2D eigenvalue weighted by Crippen LogP contribution is 2.28. The van der Waals surface area contributed by atoms with Gasteiger partial charge in [0.25, 0.3) is 0 Å². The van der Waals surface area contributed by atoms with Gasteiger partial charge in [0.1, 0.15) is 0 Å². The van der Waals surface area contributed by atoms with Gasteiger partial charge in [-0.15, -0.1) is 0 Å². The minimum Gasteiger partial charge on any atom is -0.339 e. The Balaban J connectivity index is 2.01. The van der Waals surface area contributed by atoms with Gasteiger partial charge in [-0.25, -0.2) is 0 Å². The van der Waals surface area contributed by atoms with Gasteiger partial charge < -0.3 is 4.90 Å². The highest BCUT2D eigenvalue weighted by molar-refractivity contribution is 5.76. The van der Waals surface area contributed by atoms with Gasteiger partial charge in [-0.3, -0.25) is 4.79 Å². The summed E-state index contributed by atoms with van der Waals surface area (Å²) < 4.78 is 0. The van der Waals surface area contributed by atoms with Gasteiger partial charge in [0, 0.05) is 19.5 Å². The summed E-state index contributed by atoms with van der Waals surface area (Å²) in [5.74, 6) is 0.831. The number of hydrogen-bond donors (Lipinski definition) is 0. The molecule has 1 unspecified atom stereocenters. The summed E-state index contributed by atoms with van der Waals surface area (Å²) in [5, 5.41) is 0. The molecule has 1 atom stereocenters. The van der Waals surface area contributed by atoms with Gasteiger partial charge in [-0.05, 0) is 38.2 Å². The van der Waals surface area contributed by atoms with E-state index in [1.165, 1.54) is 11.1 Å². The molecule has 0 spiro atoms. The lowest BCUT2D eigenvalue weighted by atomic mass is 9.92. The Hall–Kier alpha value is -1.57. The minimum absolute atomic E-state index is 0.302. The standard InChI is InChI=1S/C17H23NO/c1-14(2)10-12-18-13-11-16(8-9-17(18)19)15-6-4-3-5-7-15/h3-7,10,16H,8-9,11-13H2,1-2H3. The van der Waals surface area contributed by atoms with Crippen LogP contribution in [-0.2, 0) is 4.79 Å². The van der Waals surface area contributed by atoms with Crippen LogP contribution in [0.4, 0.5) is 0 Å². The second kappa shape index (κ2) is 6.55. The molecule has 102 valence electrons. The number of hydrogen-bond acceptors (Lipinski definition) is 1. The molecule has 2 rings (SSSR count). The third-order valence-electron chi connectivity index (χ3n) is 3.80. The summed E-state index contributed by atoms with van der Waals surface area (Å²) in [7, 11) is 0. The van der Waals surface area contributed by atoms with Crippen molar-refractivity contribution in [3.8, 4) is 0 Å². The topological polar surface area (TPSA) is 20.3 Å². The van der Waals surface area contributed by atoms with E-state index in [0.717, 1.165) is 25.9 Å². The van der Waals surface area contributed by atoms with E-state index in [9.17, 15) is 4.79 Å². The summed E-state index contributed by atoms with van der Waals surface area (Å²) in [4.78, 5) is 14.1. The molecule has 0 bridgehead atoms. The number of likely N-dealkylation sites (tertiary alicyclic amines) is 1. The second-order valence-corrected chi connectivity index (χ2v) is 5.56. The number of benzene rings is 1. The van der Waals surface area contributed by atoms with Gasteiger partial charge in [0.2, 0.25) is 5.91 Å². The molecule has 2 heteroatoms. The van der Waals surface area contributed by atoms with Crippen molar-refractivity contribution in [2.45, 2.75) is 39.0 Å². The molecule has 1 aliphatic heterocycles. The lowest BCUT2D eigenvalue weighted by Gasteiger charge is -2.19. The Morgan fingerprint density at radius 1 is 1.26 bits per heavy atom. The molecule has 1 amide bonds. The van der Waals surface area contributed by atoms with Crippen molar-refractivity contribution in [2.75, 3.05) is 13.1 Å². The zero-order valence-corrected chi connectivity index (χ0v) is 11.9. The van der Waals surface area contributed by atoms with Crippen LogP contribution in [0.5, 0.6) is 0 Å². The molecular formula is C17H23NO. The Morgan fingerprint density at radius 3 is 2.68 bits per heavy atom. The van der Waals surface area contributed by atoms with Crippen LogP contribution in [0.15, 0.2) is 42.0 Å². The molecule has 0 aromatic heterocycles. The quantitative estimate of drug-likeness (QED) is 0.755. The highest BCUT2D eigenvalue weighted by Gasteiger charge is 2.22. The van der Waals surface area contributed by atoms with E-state index < -0.39 is 0 Å². The molecular weight excluding hydrogens is 234 g/mol. The predicted molar refractivity (Wildman–Crippen MR) is 79.0 cm³/mol. The first-order valence-corrected chi connectivity index (χ1v) is 7.13. The molecule has 1 aliphatic rings. The zero-order valence-electron chi connectivity index (χ0n) is 11.9. The van der Waals surface area contributed by atoms with Crippen molar-refractivity contribution in [3.63, 3.8) is 0 Å². The van der Waals surface area contributed by atoms with Gasteiger partial charge in [0.05, 0.1) is 0 Å². The fourth-order valence-electron chi connectivity index (χ4n) is 2.58. The van der Waals surface area contributed by atoms with Gasteiger partial charge in [-0.1, -0.05) is 42.0 Å². The van der Waals surface area contributed by atoms with Crippen LogP contribution < -0.4 is 0 Å². The van der Waals surface area contributed by atoms with Gasteiger partial charge in [0.15, 0.2) is 0 Å². The average molecular weight is 257 g/mol. The summed E-state index contributed by atoms with van der Waals surface area (Å²) in [6.45, 7) is 5.80. The lowest BCUT2D eigenvalue weighted by Crippen LogP contribution is -2.30. The Kier molecular flexibility index (Phi) is 4.78. The molecule has 0 saturated carbocycles. The van der Waals surface area contributed by atoms with Crippen LogP contribution >= 0.6 is 0 Å². The van der Waals surface area contributed by atoms with E-state index in [1.807, 2.05) is 11.0 Å². The molecule has 0 radical (unpaired) electrons. The maximum atomic E-state index is 12.1. The molecule has 1 saturated heterocycles. The molecule has 19 heavy (non-hydrogen) atoms. The molecule has 1 fully saturated rings. The van der Waals surface area contributed by atoms with Crippen molar-refractivity contribution in [1.29, 1.82) is 0 Å². The summed E-state index contributed by atoms with van der Waals surface area (Å²) in [5.41, 5.74) is 2.65. The number of rotatable bonds is 3. The lowest BCUT2D eigenvalue weighted by molar-refractivity contribution is -0.130. The van der Waals surface area contributed by atoms with E-state index >= 15 is 0 Å². The minimum atomic E-state index is 0.302. The van der Waals surface area contributed by atoms with E-state index in [4.69, 9.17) is 0 Å². The van der Waals surface area contributed by atoms with Crippen molar-refractivity contribution >= 4 is 5.91 Å². The maximum absolute atomic E-state index is 12.1.